The van der Waals surface area contributed by atoms with Gasteiger partial charge in [0.25, 0.3) is 0 Å². The van der Waals surface area contributed by atoms with E-state index in [2.05, 4.69) is 20.4 Å². The van der Waals surface area contributed by atoms with Crippen LogP contribution in [0.5, 0.6) is 0 Å². The SMILES string of the molecule is Cc1nccnc1NN1CCCCC1. The third kappa shape index (κ3) is 2.20. The number of nitrogens with one attached hydrogen (secondary N) is 1. The van der Waals surface area contributed by atoms with Gasteiger partial charge in [-0.1, -0.05) is 6.42 Å². The van der Waals surface area contributed by atoms with Crippen LogP contribution in [0.2, 0.25) is 0 Å². The largest absolute Gasteiger partial charge is 0.302 e. The number of rotatable bonds is 2. The number of aryl methyl sites for hydroxylation is 1. The summed E-state index contributed by atoms with van der Waals surface area (Å²) in [4.78, 5) is 8.45. The first-order valence-electron chi connectivity index (χ1n) is 5.15. The van der Waals surface area contributed by atoms with E-state index in [-0.39, 0.29) is 0 Å². The van der Waals surface area contributed by atoms with Gasteiger partial charge in [0.15, 0.2) is 5.82 Å². The van der Waals surface area contributed by atoms with E-state index in [0.717, 1.165) is 24.6 Å². The van der Waals surface area contributed by atoms with E-state index in [4.69, 9.17) is 0 Å². The summed E-state index contributed by atoms with van der Waals surface area (Å²) >= 11 is 0. The van der Waals surface area contributed by atoms with Gasteiger partial charge in [0.1, 0.15) is 0 Å². The molecule has 1 N–H and O–H groups in total. The highest BCUT2D eigenvalue weighted by Crippen LogP contribution is 2.12. The molecule has 4 heteroatoms. The van der Waals surface area contributed by atoms with Crippen molar-refractivity contribution in [1.29, 1.82) is 0 Å². The molecule has 76 valence electrons. The molecule has 0 aliphatic carbocycles. The fourth-order valence-corrected chi connectivity index (χ4v) is 1.67. The molecule has 1 aromatic rings. The van der Waals surface area contributed by atoms with Crippen molar-refractivity contribution in [1.82, 2.24) is 15.0 Å². The lowest BCUT2D eigenvalue weighted by Gasteiger charge is -2.27. The fraction of sp³-hybridized carbons (Fsp3) is 0.600. The van der Waals surface area contributed by atoms with Gasteiger partial charge in [-0.2, -0.15) is 0 Å². The first-order chi connectivity index (χ1) is 6.86. The maximum atomic E-state index is 4.26. The van der Waals surface area contributed by atoms with E-state index in [1.165, 1.54) is 19.3 Å². The van der Waals surface area contributed by atoms with Crippen LogP contribution in [0.3, 0.4) is 0 Å². The monoisotopic (exact) mass is 192 g/mol. The molecule has 2 rings (SSSR count). The molecule has 0 atom stereocenters. The van der Waals surface area contributed by atoms with Crippen LogP contribution in [0.1, 0.15) is 25.0 Å². The van der Waals surface area contributed by atoms with Crippen LogP contribution < -0.4 is 5.43 Å². The first-order valence-corrected chi connectivity index (χ1v) is 5.15. The summed E-state index contributed by atoms with van der Waals surface area (Å²) in [6, 6.07) is 0. The summed E-state index contributed by atoms with van der Waals surface area (Å²) < 4.78 is 0. The molecule has 0 amide bonds. The summed E-state index contributed by atoms with van der Waals surface area (Å²) in [6.45, 7) is 4.19. The maximum absolute atomic E-state index is 4.26. The van der Waals surface area contributed by atoms with Gasteiger partial charge in [0.2, 0.25) is 0 Å². The van der Waals surface area contributed by atoms with E-state index in [1.807, 2.05) is 6.92 Å². The zero-order valence-corrected chi connectivity index (χ0v) is 8.53. The molecular formula is C10H16N4. The van der Waals surface area contributed by atoms with Crippen molar-refractivity contribution in [2.75, 3.05) is 18.5 Å². The van der Waals surface area contributed by atoms with Gasteiger partial charge in [0.05, 0.1) is 5.69 Å². The molecular weight excluding hydrogens is 176 g/mol. The normalized spacial score (nSPS) is 18.1. The number of anilines is 1. The predicted molar refractivity (Wildman–Crippen MR) is 55.8 cm³/mol. The highest BCUT2D eigenvalue weighted by Gasteiger charge is 2.10. The summed E-state index contributed by atoms with van der Waals surface area (Å²) in [5.74, 6) is 0.884. The Morgan fingerprint density at radius 1 is 1.14 bits per heavy atom. The molecule has 0 spiro atoms. The lowest BCUT2D eigenvalue weighted by molar-refractivity contribution is 0.272. The fourth-order valence-electron chi connectivity index (χ4n) is 1.67. The van der Waals surface area contributed by atoms with Crippen LogP contribution in [0.4, 0.5) is 5.82 Å². The zero-order valence-electron chi connectivity index (χ0n) is 8.53. The molecule has 1 aliphatic heterocycles. The third-order valence-corrected chi connectivity index (χ3v) is 2.50. The van der Waals surface area contributed by atoms with Crippen LogP contribution >= 0.6 is 0 Å². The topological polar surface area (TPSA) is 41.1 Å². The molecule has 0 radical (unpaired) electrons. The lowest BCUT2D eigenvalue weighted by atomic mass is 10.2. The van der Waals surface area contributed by atoms with E-state index in [0.29, 0.717) is 0 Å². The molecule has 14 heavy (non-hydrogen) atoms. The van der Waals surface area contributed by atoms with Gasteiger partial charge in [0, 0.05) is 25.5 Å². The van der Waals surface area contributed by atoms with Gasteiger partial charge < -0.3 is 5.43 Å². The average molecular weight is 192 g/mol. The minimum Gasteiger partial charge on any atom is -0.302 e. The van der Waals surface area contributed by atoms with E-state index in [9.17, 15) is 0 Å². The van der Waals surface area contributed by atoms with Crippen LogP contribution in [-0.2, 0) is 0 Å². The minimum atomic E-state index is 0.884. The van der Waals surface area contributed by atoms with Crippen LogP contribution in [-0.4, -0.2) is 28.1 Å². The number of hydrazine groups is 1. The van der Waals surface area contributed by atoms with E-state index >= 15 is 0 Å². The average Bonchev–Trinajstić information content (AvgIpc) is 2.23. The standard InChI is InChI=1S/C10H16N4/c1-9-10(12-6-5-11-9)13-14-7-3-2-4-8-14/h5-6H,2-4,7-8H2,1H3,(H,12,13). The summed E-state index contributed by atoms with van der Waals surface area (Å²) in [5, 5.41) is 2.22. The number of hydrogen-bond acceptors (Lipinski definition) is 4. The van der Waals surface area contributed by atoms with Gasteiger partial charge in [-0.3, -0.25) is 4.98 Å². The van der Waals surface area contributed by atoms with E-state index < -0.39 is 0 Å². The molecule has 0 saturated carbocycles. The van der Waals surface area contributed by atoms with Crippen molar-refractivity contribution in [2.45, 2.75) is 26.2 Å². The summed E-state index contributed by atoms with van der Waals surface area (Å²) in [6.07, 6.45) is 7.33. The first kappa shape index (κ1) is 9.40. The molecule has 2 heterocycles. The van der Waals surface area contributed by atoms with Crippen molar-refractivity contribution < 1.29 is 0 Å². The Morgan fingerprint density at radius 2 is 1.86 bits per heavy atom. The summed E-state index contributed by atoms with van der Waals surface area (Å²) in [5.41, 5.74) is 4.27. The molecule has 1 aliphatic rings. The number of nitrogens with zero attached hydrogens (tertiary/aromatic N) is 3. The molecule has 0 aromatic carbocycles. The van der Waals surface area contributed by atoms with Crippen molar-refractivity contribution in [3.63, 3.8) is 0 Å². The molecule has 0 unspecified atom stereocenters. The highest BCUT2D eigenvalue weighted by atomic mass is 15.5. The number of aromatic nitrogens is 2. The Kier molecular flexibility index (Phi) is 2.93. The Balaban J connectivity index is 1.99. The Morgan fingerprint density at radius 3 is 2.57 bits per heavy atom. The van der Waals surface area contributed by atoms with Gasteiger partial charge in [-0.05, 0) is 19.8 Å². The molecule has 1 saturated heterocycles. The van der Waals surface area contributed by atoms with Crippen molar-refractivity contribution >= 4 is 5.82 Å². The molecule has 0 bridgehead atoms. The van der Waals surface area contributed by atoms with Crippen LogP contribution in [0.25, 0.3) is 0 Å². The second-order valence-electron chi connectivity index (χ2n) is 3.65. The number of piperidine rings is 1. The van der Waals surface area contributed by atoms with Crippen molar-refractivity contribution in [3.8, 4) is 0 Å². The highest BCUT2D eigenvalue weighted by molar-refractivity contribution is 5.37. The quantitative estimate of drug-likeness (QED) is 0.772. The Labute approximate surface area is 84.3 Å². The van der Waals surface area contributed by atoms with E-state index in [1.54, 1.807) is 12.4 Å². The smallest absolute Gasteiger partial charge is 0.161 e. The molecule has 1 fully saturated rings. The van der Waals surface area contributed by atoms with Gasteiger partial charge >= 0.3 is 0 Å². The van der Waals surface area contributed by atoms with Crippen LogP contribution in [0, 0.1) is 6.92 Å². The van der Waals surface area contributed by atoms with Crippen molar-refractivity contribution in [2.24, 2.45) is 0 Å². The van der Waals surface area contributed by atoms with Crippen molar-refractivity contribution in [3.05, 3.63) is 18.1 Å². The second-order valence-corrected chi connectivity index (χ2v) is 3.65. The predicted octanol–water partition coefficient (Wildman–Crippen LogP) is 1.60. The zero-order chi connectivity index (χ0) is 9.80. The van der Waals surface area contributed by atoms with Gasteiger partial charge in [-0.25, -0.2) is 9.99 Å². The molecule has 4 nitrogen and oxygen atoms in total. The van der Waals surface area contributed by atoms with Crippen LogP contribution in [0.15, 0.2) is 12.4 Å². The third-order valence-electron chi connectivity index (χ3n) is 2.50. The molecule has 1 aromatic heterocycles. The Hall–Kier alpha value is -1.16. The lowest BCUT2D eigenvalue weighted by Crippen LogP contribution is -2.35. The summed E-state index contributed by atoms with van der Waals surface area (Å²) in [7, 11) is 0. The number of hydrogen-bond donors (Lipinski definition) is 1. The van der Waals surface area contributed by atoms with Gasteiger partial charge in [-0.15, -0.1) is 0 Å². The Bertz CT molecular complexity index is 294. The maximum Gasteiger partial charge on any atom is 0.161 e. The minimum absolute atomic E-state index is 0.884. The second kappa shape index (κ2) is 4.37.